The first kappa shape index (κ1) is 17.0. The molecule has 0 aliphatic heterocycles. The molecule has 0 saturated heterocycles. The fourth-order valence-electron chi connectivity index (χ4n) is 2.63. The van der Waals surface area contributed by atoms with Crippen LogP contribution in [0.1, 0.15) is 37.3 Å². The third-order valence-electron chi connectivity index (χ3n) is 3.76. The van der Waals surface area contributed by atoms with E-state index in [1.165, 1.54) is 0 Å². The Morgan fingerprint density at radius 3 is 2.68 bits per heavy atom. The van der Waals surface area contributed by atoms with E-state index in [1.54, 1.807) is 18.2 Å². The van der Waals surface area contributed by atoms with E-state index < -0.39 is 32.8 Å². The summed E-state index contributed by atoms with van der Waals surface area (Å²) in [7, 11) is -3.43. The summed E-state index contributed by atoms with van der Waals surface area (Å²) in [4.78, 5) is 12.0. The van der Waals surface area contributed by atoms with Crippen molar-refractivity contribution in [2.45, 2.75) is 37.0 Å². The maximum Gasteiger partial charge on any atom is 0.236 e. The molecule has 0 aromatic heterocycles. The minimum Gasteiger partial charge on any atom is -0.336 e. The molecule has 1 N–H and O–H groups in total. The second kappa shape index (κ2) is 7.25. The third-order valence-corrected chi connectivity index (χ3v) is 6.40. The Hall–Kier alpha value is -1.39. The normalized spacial score (nSPS) is 16.9. The summed E-state index contributed by atoms with van der Waals surface area (Å²) in [6.45, 7) is 0. The number of rotatable bonds is 5. The van der Waals surface area contributed by atoms with Crippen molar-refractivity contribution in [3.8, 4) is 6.07 Å². The predicted octanol–water partition coefficient (Wildman–Crippen LogP) is 2.49. The van der Waals surface area contributed by atoms with E-state index in [-0.39, 0.29) is 0 Å². The Morgan fingerprint density at radius 2 is 2.09 bits per heavy atom. The summed E-state index contributed by atoms with van der Waals surface area (Å²) in [5.74, 6) is -1.18. The second-order valence-corrected chi connectivity index (χ2v) is 8.60. The quantitative estimate of drug-likeness (QED) is 0.844. The Kier molecular flexibility index (Phi) is 5.59. The molecule has 5 nitrogen and oxygen atoms in total. The molecule has 1 unspecified atom stereocenters. The molecule has 0 radical (unpaired) electrons. The Balaban J connectivity index is 2.02. The van der Waals surface area contributed by atoms with E-state index in [1.807, 2.05) is 12.1 Å². The minimum atomic E-state index is -3.43. The minimum absolute atomic E-state index is 0.412. The molecule has 2 rings (SSSR count). The third kappa shape index (κ3) is 4.31. The van der Waals surface area contributed by atoms with E-state index >= 15 is 0 Å². The number of benzene rings is 1. The fourth-order valence-corrected chi connectivity index (χ4v) is 4.78. The number of hydrogen-bond donors (Lipinski definition) is 1. The van der Waals surface area contributed by atoms with E-state index in [0.717, 1.165) is 17.3 Å². The van der Waals surface area contributed by atoms with E-state index in [9.17, 15) is 18.5 Å². The average Bonchev–Trinajstić information content (AvgIpc) is 2.99. The van der Waals surface area contributed by atoms with Crippen LogP contribution in [0, 0.1) is 11.3 Å². The first-order chi connectivity index (χ1) is 10.4. The highest BCUT2D eigenvalue weighted by Gasteiger charge is 2.31. The van der Waals surface area contributed by atoms with Crippen LogP contribution >= 0.6 is 15.9 Å². The van der Waals surface area contributed by atoms with Gasteiger partial charge in [-0.25, -0.2) is 8.42 Å². The van der Waals surface area contributed by atoms with E-state index in [4.69, 9.17) is 0 Å². The number of halogens is 1. The van der Waals surface area contributed by atoms with Crippen molar-refractivity contribution in [2.24, 2.45) is 0 Å². The van der Waals surface area contributed by atoms with Gasteiger partial charge in [0.1, 0.15) is 11.8 Å². The largest absolute Gasteiger partial charge is 0.336 e. The number of nitriles is 1. The smallest absolute Gasteiger partial charge is 0.236 e. The van der Waals surface area contributed by atoms with Crippen LogP contribution in [0.5, 0.6) is 0 Å². The number of nitrogens with zero attached hydrogens (tertiary/aromatic N) is 1. The fraction of sp³-hybridized carbons (Fsp3) is 0.467. The number of sulfone groups is 1. The van der Waals surface area contributed by atoms with Gasteiger partial charge in [-0.05, 0) is 30.5 Å². The predicted molar refractivity (Wildman–Crippen MR) is 86.7 cm³/mol. The van der Waals surface area contributed by atoms with Crippen molar-refractivity contribution >= 4 is 31.7 Å². The molecule has 0 heterocycles. The molecule has 1 atom stereocenters. The van der Waals surface area contributed by atoms with Crippen LogP contribution in [-0.4, -0.2) is 25.3 Å². The lowest BCUT2D eigenvalue weighted by Gasteiger charge is -2.14. The van der Waals surface area contributed by atoms with Gasteiger partial charge in [0, 0.05) is 4.47 Å². The number of carbonyl (C=O) groups is 1. The maximum absolute atomic E-state index is 12.2. The number of carbonyl (C=O) groups excluding carboxylic acids is 1. The molecule has 22 heavy (non-hydrogen) atoms. The molecule has 1 aliphatic carbocycles. The van der Waals surface area contributed by atoms with Crippen LogP contribution in [0.3, 0.4) is 0 Å². The summed E-state index contributed by atoms with van der Waals surface area (Å²) in [5, 5.41) is 11.3. The molecule has 1 aromatic rings. The van der Waals surface area contributed by atoms with Crippen molar-refractivity contribution < 1.29 is 13.2 Å². The first-order valence-electron chi connectivity index (χ1n) is 7.08. The van der Waals surface area contributed by atoms with Crippen molar-refractivity contribution in [2.75, 3.05) is 5.75 Å². The van der Waals surface area contributed by atoms with Crippen molar-refractivity contribution in [1.82, 2.24) is 5.32 Å². The SMILES string of the molecule is N#CC(NC(=O)CS(=O)(=O)C1CCCC1)c1cccc(Br)c1. The number of hydrogen-bond acceptors (Lipinski definition) is 4. The van der Waals surface area contributed by atoms with Crippen LogP contribution in [-0.2, 0) is 14.6 Å². The van der Waals surface area contributed by atoms with Crippen LogP contribution in [0.15, 0.2) is 28.7 Å². The average molecular weight is 385 g/mol. The number of amides is 1. The van der Waals surface area contributed by atoms with Crippen molar-refractivity contribution in [3.63, 3.8) is 0 Å². The van der Waals surface area contributed by atoms with Crippen LogP contribution in [0.25, 0.3) is 0 Å². The van der Waals surface area contributed by atoms with Gasteiger partial charge in [-0.1, -0.05) is 40.9 Å². The van der Waals surface area contributed by atoms with Crippen molar-refractivity contribution in [3.05, 3.63) is 34.3 Å². The van der Waals surface area contributed by atoms with Gasteiger partial charge >= 0.3 is 0 Å². The lowest BCUT2D eigenvalue weighted by atomic mass is 10.1. The summed E-state index contributed by atoms with van der Waals surface area (Å²) in [6, 6.07) is 8.13. The van der Waals surface area contributed by atoms with Crippen molar-refractivity contribution in [1.29, 1.82) is 5.26 Å². The molecule has 0 bridgehead atoms. The van der Waals surface area contributed by atoms with Gasteiger partial charge in [-0.2, -0.15) is 5.26 Å². The molecule has 1 saturated carbocycles. The van der Waals surface area contributed by atoms with Crippen LogP contribution in [0.4, 0.5) is 0 Å². The van der Waals surface area contributed by atoms with Gasteiger partial charge in [0.2, 0.25) is 5.91 Å². The Morgan fingerprint density at radius 1 is 1.41 bits per heavy atom. The molecule has 7 heteroatoms. The van der Waals surface area contributed by atoms with Gasteiger partial charge < -0.3 is 5.32 Å². The van der Waals surface area contributed by atoms with E-state index in [2.05, 4.69) is 21.2 Å². The van der Waals surface area contributed by atoms with Gasteiger partial charge in [0.15, 0.2) is 9.84 Å². The zero-order valence-corrected chi connectivity index (χ0v) is 14.4. The molecule has 1 amide bonds. The van der Waals surface area contributed by atoms with E-state index in [0.29, 0.717) is 18.4 Å². The Bertz CT molecular complexity index is 691. The summed E-state index contributed by atoms with van der Waals surface area (Å²) in [6.07, 6.45) is 3.04. The highest BCUT2D eigenvalue weighted by Crippen LogP contribution is 2.25. The molecular formula is C15H17BrN2O3S. The second-order valence-electron chi connectivity index (χ2n) is 5.40. The standard InChI is InChI=1S/C15H17BrN2O3S/c16-12-5-3-4-11(8-12)14(9-17)18-15(19)10-22(20,21)13-6-1-2-7-13/h3-5,8,13-14H,1-2,6-7,10H2,(H,18,19). The monoisotopic (exact) mass is 384 g/mol. The molecular weight excluding hydrogens is 368 g/mol. The molecule has 118 valence electrons. The number of nitrogens with one attached hydrogen (secondary N) is 1. The summed E-state index contributed by atoms with van der Waals surface area (Å²) >= 11 is 3.30. The lowest BCUT2D eigenvalue weighted by Crippen LogP contribution is -2.36. The maximum atomic E-state index is 12.2. The zero-order valence-electron chi connectivity index (χ0n) is 12.0. The van der Waals surface area contributed by atoms with Gasteiger partial charge in [0.05, 0.1) is 11.3 Å². The lowest BCUT2D eigenvalue weighted by molar-refractivity contribution is -0.119. The molecule has 1 aromatic carbocycles. The topological polar surface area (TPSA) is 87.0 Å². The molecule has 1 fully saturated rings. The molecule has 0 spiro atoms. The highest BCUT2D eigenvalue weighted by molar-refractivity contribution is 9.10. The highest BCUT2D eigenvalue weighted by atomic mass is 79.9. The van der Waals surface area contributed by atoms with Crippen LogP contribution in [0.2, 0.25) is 0 Å². The van der Waals surface area contributed by atoms with Crippen LogP contribution < -0.4 is 5.32 Å². The molecule has 1 aliphatic rings. The summed E-state index contributed by atoms with van der Waals surface area (Å²) in [5.41, 5.74) is 0.614. The van der Waals surface area contributed by atoms with Gasteiger partial charge in [-0.3, -0.25) is 4.79 Å². The van der Waals surface area contributed by atoms with Gasteiger partial charge in [0.25, 0.3) is 0 Å². The Labute approximate surface area is 138 Å². The van der Waals surface area contributed by atoms with Gasteiger partial charge in [-0.15, -0.1) is 0 Å². The summed E-state index contributed by atoms with van der Waals surface area (Å²) < 4.78 is 25.1. The first-order valence-corrected chi connectivity index (χ1v) is 9.59. The zero-order chi connectivity index (χ0) is 16.2.